The maximum atomic E-state index is 13.7. The molecule has 1 saturated heterocycles. The molecule has 1 amide bonds. The lowest BCUT2D eigenvalue weighted by molar-refractivity contribution is 0.142. The van der Waals surface area contributed by atoms with Crippen LogP contribution in [-0.4, -0.2) is 37.7 Å². The van der Waals surface area contributed by atoms with Gasteiger partial charge in [0.1, 0.15) is 5.82 Å². The van der Waals surface area contributed by atoms with E-state index in [0.717, 1.165) is 19.5 Å². The summed E-state index contributed by atoms with van der Waals surface area (Å²) >= 11 is 12.1. The second-order valence-electron chi connectivity index (χ2n) is 6.49. The molecule has 0 unspecified atom stereocenters. The summed E-state index contributed by atoms with van der Waals surface area (Å²) in [6.45, 7) is 2.28. The number of ether oxygens (including phenoxy) is 1. The van der Waals surface area contributed by atoms with Gasteiger partial charge in [-0.3, -0.25) is 5.32 Å². The van der Waals surface area contributed by atoms with E-state index in [1.165, 1.54) is 18.2 Å². The first kappa shape index (κ1) is 19.0. The number of rotatable bonds is 4. The summed E-state index contributed by atoms with van der Waals surface area (Å²) < 4.78 is 19.1. The molecule has 2 aromatic rings. The summed E-state index contributed by atoms with van der Waals surface area (Å²) in [5, 5.41) is 3.54. The van der Waals surface area contributed by atoms with Gasteiger partial charge in [-0.2, -0.15) is 0 Å². The molecule has 4 nitrogen and oxygen atoms in total. The zero-order valence-corrected chi connectivity index (χ0v) is 15.8. The van der Waals surface area contributed by atoms with Crippen molar-refractivity contribution in [2.24, 2.45) is 5.92 Å². The molecule has 0 aliphatic carbocycles. The minimum atomic E-state index is -0.569. The van der Waals surface area contributed by atoms with Gasteiger partial charge in [0.15, 0.2) is 0 Å². The Labute approximate surface area is 161 Å². The van der Waals surface area contributed by atoms with E-state index >= 15 is 0 Å². The molecular weight excluding hydrogens is 378 g/mol. The highest BCUT2D eigenvalue weighted by Crippen LogP contribution is 2.33. The van der Waals surface area contributed by atoms with E-state index in [1.54, 1.807) is 18.2 Å². The number of amides is 1. The number of halogens is 3. The summed E-state index contributed by atoms with van der Waals surface area (Å²) in [6.07, 6.45) is 0.438. The van der Waals surface area contributed by atoms with Crippen LogP contribution in [0.2, 0.25) is 10.0 Å². The van der Waals surface area contributed by atoms with Crippen molar-refractivity contribution in [2.75, 3.05) is 32.1 Å². The van der Waals surface area contributed by atoms with Crippen molar-refractivity contribution in [3.63, 3.8) is 0 Å². The van der Waals surface area contributed by atoms with Crippen LogP contribution >= 0.6 is 23.2 Å². The third kappa shape index (κ3) is 4.87. The number of nitrogens with one attached hydrogen (secondary N) is 1. The summed E-state index contributed by atoms with van der Waals surface area (Å²) in [6, 6.07) is 9.00. The van der Waals surface area contributed by atoms with Crippen LogP contribution in [-0.2, 0) is 4.74 Å². The van der Waals surface area contributed by atoms with Gasteiger partial charge in [0.25, 0.3) is 0 Å². The van der Waals surface area contributed by atoms with Crippen molar-refractivity contribution >= 4 is 35.0 Å². The topological polar surface area (TPSA) is 41.6 Å². The summed E-state index contributed by atoms with van der Waals surface area (Å²) in [4.78, 5) is 14.4. The Bertz CT molecular complexity index is 796. The van der Waals surface area contributed by atoms with Gasteiger partial charge in [-0.25, -0.2) is 9.18 Å². The van der Waals surface area contributed by atoms with Gasteiger partial charge in [-0.05, 0) is 62.0 Å². The number of hydrogen-bond donors (Lipinski definition) is 1. The Kier molecular flexibility index (Phi) is 6.01. The minimum absolute atomic E-state index is 0.338. The molecule has 7 heteroatoms. The number of benzene rings is 2. The Balaban J connectivity index is 1.74. The average molecular weight is 397 g/mol. The predicted molar refractivity (Wildman–Crippen MR) is 102 cm³/mol. The van der Waals surface area contributed by atoms with E-state index in [0.29, 0.717) is 39.4 Å². The number of carbonyl (C=O) groups is 1. The third-order valence-corrected chi connectivity index (χ3v) is 4.77. The van der Waals surface area contributed by atoms with Gasteiger partial charge in [0.05, 0.1) is 12.3 Å². The SMILES string of the molecule is CN1CC[C@H](COC(=O)Nc2ccc(F)cc2-c2cc(Cl)cc(Cl)c2)C1. The van der Waals surface area contributed by atoms with Gasteiger partial charge in [-0.1, -0.05) is 23.2 Å². The van der Waals surface area contributed by atoms with Crippen molar-refractivity contribution in [1.29, 1.82) is 0 Å². The first-order valence-corrected chi connectivity index (χ1v) is 9.04. The first-order chi connectivity index (χ1) is 12.4. The zero-order valence-electron chi connectivity index (χ0n) is 14.3. The van der Waals surface area contributed by atoms with Gasteiger partial charge < -0.3 is 9.64 Å². The van der Waals surface area contributed by atoms with E-state index in [4.69, 9.17) is 27.9 Å². The minimum Gasteiger partial charge on any atom is -0.449 e. The number of carbonyl (C=O) groups excluding carboxylic acids is 1. The number of nitrogens with zero attached hydrogens (tertiary/aromatic N) is 1. The Morgan fingerprint density at radius 2 is 2.00 bits per heavy atom. The van der Waals surface area contributed by atoms with Gasteiger partial charge in [-0.15, -0.1) is 0 Å². The van der Waals surface area contributed by atoms with Crippen LogP contribution in [0.4, 0.5) is 14.9 Å². The molecule has 0 aromatic heterocycles. The summed E-state index contributed by atoms with van der Waals surface area (Å²) in [5.74, 6) is -0.0887. The molecular formula is C19H19Cl2FN2O2. The quantitative estimate of drug-likeness (QED) is 0.761. The smallest absolute Gasteiger partial charge is 0.411 e. The molecule has 1 aliphatic rings. The van der Waals surface area contributed by atoms with Crippen LogP contribution < -0.4 is 5.32 Å². The molecule has 0 spiro atoms. The van der Waals surface area contributed by atoms with Crippen LogP contribution in [0.25, 0.3) is 11.1 Å². The lowest BCUT2D eigenvalue weighted by Gasteiger charge is -2.14. The van der Waals surface area contributed by atoms with Crippen LogP contribution in [0.3, 0.4) is 0 Å². The van der Waals surface area contributed by atoms with Crippen molar-refractivity contribution < 1.29 is 13.9 Å². The van der Waals surface area contributed by atoms with Crippen molar-refractivity contribution in [3.8, 4) is 11.1 Å². The molecule has 1 atom stereocenters. The van der Waals surface area contributed by atoms with Crippen LogP contribution in [0, 0.1) is 11.7 Å². The lowest BCUT2D eigenvalue weighted by Crippen LogP contribution is -2.21. The molecule has 26 heavy (non-hydrogen) atoms. The van der Waals surface area contributed by atoms with Crippen LogP contribution in [0.5, 0.6) is 0 Å². The standard InChI is InChI=1S/C19H19Cl2FN2O2/c1-24-5-4-12(10-24)11-26-19(25)23-18-3-2-16(22)9-17(18)13-6-14(20)8-15(21)7-13/h2-3,6-9,12H,4-5,10-11H2,1H3,(H,23,25)/t12-/m0/s1. The fourth-order valence-corrected chi connectivity index (χ4v) is 3.60. The fourth-order valence-electron chi connectivity index (χ4n) is 3.08. The maximum Gasteiger partial charge on any atom is 0.411 e. The predicted octanol–water partition coefficient (Wildman–Crippen LogP) is 5.30. The van der Waals surface area contributed by atoms with Crippen molar-refractivity contribution in [1.82, 2.24) is 4.90 Å². The fraction of sp³-hybridized carbons (Fsp3) is 0.316. The molecule has 3 rings (SSSR count). The van der Waals surface area contributed by atoms with Gasteiger partial charge in [0.2, 0.25) is 0 Å². The molecule has 1 aliphatic heterocycles. The molecule has 0 radical (unpaired) electrons. The maximum absolute atomic E-state index is 13.7. The van der Waals surface area contributed by atoms with E-state index in [1.807, 2.05) is 7.05 Å². The molecule has 0 bridgehead atoms. The van der Waals surface area contributed by atoms with E-state index in [-0.39, 0.29) is 0 Å². The molecule has 1 fully saturated rings. The van der Waals surface area contributed by atoms with Gasteiger partial charge in [0, 0.05) is 28.1 Å². The van der Waals surface area contributed by atoms with Crippen LogP contribution in [0.1, 0.15) is 6.42 Å². The summed E-state index contributed by atoms with van der Waals surface area (Å²) in [5.41, 5.74) is 1.51. The Morgan fingerprint density at radius 3 is 2.65 bits per heavy atom. The normalized spacial score (nSPS) is 17.3. The average Bonchev–Trinajstić information content (AvgIpc) is 2.99. The summed E-state index contributed by atoms with van der Waals surface area (Å²) in [7, 11) is 2.04. The number of likely N-dealkylation sites (tertiary alicyclic amines) is 1. The molecule has 1 N–H and O–H groups in total. The lowest BCUT2D eigenvalue weighted by atomic mass is 10.0. The second kappa shape index (κ2) is 8.25. The van der Waals surface area contributed by atoms with E-state index in [2.05, 4.69) is 10.2 Å². The molecule has 2 aromatic carbocycles. The number of anilines is 1. The third-order valence-electron chi connectivity index (χ3n) is 4.33. The van der Waals surface area contributed by atoms with Crippen molar-refractivity contribution in [3.05, 3.63) is 52.3 Å². The Hall–Kier alpha value is -1.82. The van der Waals surface area contributed by atoms with E-state index in [9.17, 15) is 9.18 Å². The highest BCUT2D eigenvalue weighted by Gasteiger charge is 2.21. The molecule has 138 valence electrons. The second-order valence-corrected chi connectivity index (χ2v) is 7.36. The Morgan fingerprint density at radius 1 is 1.27 bits per heavy atom. The molecule has 0 saturated carbocycles. The van der Waals surface area contributed by atoms with Crippen LogP contribution in [0.15, 0.2) is 36.4 Å². The van der Waals surface area contributed by atoms with Gasteiger partial charge >= 0.3 is 6.09 Å². The van der Waals surface area contributed by atoms with E-state index < -0.39 is 11.9 Å². The van der Waals surface area contributed by atoms with Crippen molar-refractivity contribution in [2.45, 2.75) is 6.42 Å². The largest absolute Gasteiger partial charge is 0.449 e. The monoisotopic (exact) mass is 396 g/mol. The first-order valence-electron chi connectivity index (χ1n) is 8.29. The highest BCUT2D eigenvalue weighted by molar-refractivity contribution is 6.35. The number of hydrogen-bond acceptors (Lipinski definition) is 3. The zero-order chi connectivity index (χ0) is 18.7. The molecule has 1 heterocycles. The highest BCUT2D eigenvalue weighted by atomic mass is 35.5.